The van der Waals surface area contributed by atoms with Crippen LogP contribution in [0.4, 0.5) is 0 Å². The van der Waals surface area contributed by atoms with Crippen molar-refractivity contribution in [3.8, 4) is 22.5 Å². The minimum absolute atomic E-state index is 0.0751. The summed E-state index contributed by atoms with van der Waals surface area (Å²) in [4.78, 5) is 17.5. The molecule has 0 spiro atoms. The second-order valence-electron chi connectivity index (χ2n) is 8.29. The molecular weight excluding hydrogens is 474 g/mol. The molecule has 1 amide bonds. The van der Waals surface area contributed by atoms with Gasteiger partial charge in [-0.05, 0) is 37.1 Å². The lowest BCUT2D eigenvalue weighted by atomic mass is 10.0. The molecule has 0 radical (unpaired) electrons. The van der Waals surface area contributed by atoms with Crippen molar-refractivity contribution in [3.05, 3.63) is 95.5 Å². The van der Waals surface area contributed by atoms with Gasteiger partial charge >= 0.3 is 0 Å². The van der Waals surface area contributed by atoms with E-state index in [2.05, 4.69) is 65.3 Å². The number of rotatable bonds is 11. The van der Waals surface area contributed by atoms with Crippen LogP contribution < -0.4 is 5.32 Å². The van der Waals surface area contributed by atoms with Gasteiger partial charge in [0.1, 0.15) is 0 Å². The van der Waals surface area contributed by atoms with Gasteiger partial charge < -0.3 is 9.88 Å². The Morgan fingerprint density at radius 1 is 0.914 bits per heavy atom. The highest BCUT2D eigenvalue weighted by Gasteiger charge is 2.20. The Labute approximate surface area is 216 Å². The summed E-state index contributed by atoms with van der Waals surface area (Å²) in [6.07, 6.45) is 3.06. The van der Waals surface area contributed by atoms with Crippen molar-refractivity contribution in [3.63, 3.8) is 0 Å². The van der Waals surface area contributed by atoms with Crippen LogP contribution in [-0.4, -0.2) is 27.8 Å². The number of carbonyl (C=O) groups is 1. The number of carbonyl (C=O) groups excluding carboxylic acids is 1. The molecule has 35 heavy (non-hydrogen) atoms. The van der Waals surface area contributed by atoms with Gasteiger partial charge in [-0.2, -0.15) is 0 Å². The average molecular weight is 504 g/mol. The summed E-state index contributed by atoms with van der Waals surface area (Å²) in [7, 11) is 0. The van der Waals surface area contributed by atoms with Crippen LogP contribution in [0.2, 0.25) is 5.02 Å². The molecule has 4 nitrogen and oxygen atoms in total. The molecule has 0 fully saturated rings. The van der Waals surface area contributed by atoms with Crippen LogP contribution >= 0.6 is 23.4 Å². The molecule has 180 valence electrons. The van der Waals surface area contributed by atoms with Crippen molar-refractivity contribution in [1.82, 2.24) is 14.9 Å². The van der Waals surface area contributed by atoms with Gasteiger partial charge in [0.25, 0.3) is 5.91 Å². The number of thioether (sulfide) groups is 1. The second-order valence-corrected chi connectivity index (χ2v) is 9.79. The maximum Gasteiger partial charge on any atom is 0.251 e. The summed E-state index contributed by atoms with van der Waals surface area (Å²) in [6.45, 7) is 3.75. The smallest absolute Gasteiger partial charge is 0.251 e. The van der Waals surface area contributed by atoms with Crippen molar-refractivity contribution in [1.29, 1.82) is 0 Å². The van der Waals surface area contributed by atoms with Crippen molar-refractivity contribution in [2.24, 2.45) is 0 Å². The largest absolute Gasteiger partial charge is 0.352 e. The van der Waals surface area contributed by atoms with Gasteiger partial charge in [0.15, 0.2) is 5.16 Å². The Balaban J connectivity index is 1.50. The van der Waals surface area contributed by atoms with Crippen LogP contribution in [-0.2, 0) is 6.54 Å². The van der Waals surface area contributed by atoms with Gasteiger partial charge in [-0.1, -0.05) is 97.4 Å². The fraction of sp³-hybridized carbons (Fsp3) is 0.241. The van der Waals surface area contributed by atoms with Crippen LogP contribution in [0.1, 0.15) is 36.5 Å². The van der Waals surface area contributed by atoms with Gasteiger partial charge in [-0.3, -0.25) is 4.79 Å². The summed E-state index contributed by atoms with van der Waals surface area (Å²) in [5, 5.41) is 4.65. The zero-order valence-corrected chi connectivity index (χ0v) is 21.5. The second kappa shape index (κ2) is 12.6. The Bertz CT molecular complexity index is 1220. The zero-order chi connectivity index (χ0) is 24.5. The number of halogens is 1. The predicted molar refractivity (Wildman–Crippen MR) is 147 cm³/mol. The number of amides is 1. The minimum atomic E-state index is -0.0751. The third-order valence-electron chi connectivity index (χ3n) is 5.71. The van der Waals surface area contributed by atoms with E-state index in [0.717, 1.165) is 48.0 Å². The number of benzene rings is 3. The summed E-state index contributed by atoms with van der Waals surface area (Å²) in [5.74, 6) is 0.792. The van der Waals surface area contributed by atoms with Crippen LogP contribution in [0.25, 0.3) is 22.5 Å². The summed E-state index contributed by atoms with van der Waals surface area (Å²) >= 11 is 7.67. The first-order valence-electron chi connectivity index (χ1n) is 12.0. The molecule has 0 aliphatic carbocycles. The van der Waals surface area contributed by atoms with E-state index in [4.69, 9.17) is 16.6 Å². The molecule has 0 aliphatic rings. The molecule has 3 aromatic carbocycles. The van der Waals surface area contributed by atoms with Gasteiger partial charge in [-0.25, -0.2) is 4.98 Å². The monoisotopic (exact) mass is 503 g/mol. The lowest BCUT2D eigenvalue weighted by Crippen LogP contribution is -2.24. The number of hydrogen-bond donors (Lipinski definition) is 1. The molecule has 0 saturated heterocycles. The standard InChI is InChI=1S/C29H30ClN3OS/c1-2-3-20-33-27(23-13-8-5-9-14-23)26(22-11-6-4-7-12-22)32-29(33)35-21-10-19-31-28(34)24-15-17-25(30)18-16-24/h4-9,11-18H,2-3,10,19-21H2,1H3,(H,31,34). The van der Waals surface area contributed by atoms with Crippen LogP contribution in [0, 0.1) is 0 Å². The van der Waals surface area contributed by atoms with Crippen molar-refractivity contribution in [2.75, 3.05) is 12.3 Å². The highest BCUT2D eigenvalue weighted by molar-refractivity contribution is 7.99. The van der Waals surface area contributed by atoms with E-state index in [1.807, 2.05) is 12.1 Å². The SMILES string of the molecule is CCCCn1c(SCCCNC(=O)c2ccc(Cl)cc2)nc(-c2ccccc2)c1-c1ccccc1. The van der Waals surface area contributed by atoms with Gasteiger partial charge in [0.05, 0.1) is 11.4 Å². The number of nitrogens with one attached hydrogen (secondary N) is 1. The molecule has 0 atom stereocenters. The van der Waals surface area contributed by atoms with E-state index < -0.39 is 0 Å². The highest BCUT2D eigenvalue weighted by Crippen LogP contribution is 2.36. The number of hydrogen-bond acceptors (Lipinski definition) is 3. The lowest BCUT2D eigenvalue weighted by Gasteiger charge is -2.13. The van der Waals surface area contributed by atoms with E-state index in [0.29, 0.717) is 17.1 Å². The van der Waals surface area contributed by atoms with Crippen molar-refractivity contribution < 1.29 is 4.79 Å². The maximum absolute atomic E-state index is 12.3. The number of unbranched alkanes of at least 4 members (excludes halogenated alkanes) is 1. The van der Waals surface area contributed by atoms with Gasteiger partial charge in [0.2, 0.25) is 0 Å². The molecule has 0 saturated carbocycles. The summed E-state index contributed by atoms with van der Waals surface area (Å²) in [6, 6.07) is 27.9. The van der Waals surface area contributed by atoms with Crippen LogP contribution in [0.3, 0.4) is 0 Å². The molecule has 1 N–H and O–H groups in total. The topological polar surface area (TPSA) is 46.9 Å². The molecule has 6 heteroatoms. The molecule has 1 aromatic heterocycles. The summed E-state index contributed by atoms with van der Waals surface area (Å²) in [5.41, 5.74) is 5.11. The fourth-order valence-electron chi connectivity index (χ4n) is 3.89. The first-order valence-corrected chi connectivity index (χ1v) is 13.4. The van der Waals surface area contributed by atoms with Crippen molar-refractivity contribution >= 4 is 29.3 Å². The average Bonchev–Trinajstić information content (AvgIpc) is 3.26. The highest BCUT2D eigenvalue weighted by atomic mass is 35.5. The first-order chi connectivity index (χ1) is 17.2. The molecule has 0 bridgehead atoms. The molecule has 0 aliphatic heterocycles. The van der Waals surface area contributed by atoms with Crippen LogP contribution in [0.15, 0.2) is 90.1 Å². The van der Waals surface area contributed by atoms with E-state index in [9.17, 15) is 4.79 Å². The molecule has 1 heterocycles. The Morgan fingerprint density at radius 2 is 1.57 bits per heavy atom. The van der Waals surface area contributed by atoms with E-state index in [1.165, 1.54) is 11.3 Å². The zero-order valence-electron chi connectivity index (χ0n) is 19.9. The quantitative estimate of drug-likeness (QED) is 0.169. The predicted octanol–water partition coefficient (Wildman–Crippen LogP) is 7.58. The third kappa shape index (κ3) is 6.56. The molecule has 0 unspecified atom stereocenters. The Morgan fingerprint density at radius 3 is 2.23 bits per heavy atom. The fourth-order valence-corrected chi connectivity index (χ4v) is 4.98. The Kier molecular flexibility index (Phi) is 9.04. The minimum Gasteiger partial charge on any atom is -0.352 e. The summed E-state index contributed by atoms with van der Waals surface area (Å²) < 4.78 is 2.37. The first kappa shape index (κ1) is 25.1. The van der Waals surface area contributed by atoms with E-state index >= 15 is 0 Å². The normalized spacial score (nSPS) is 10.9. The maximum atomic E-state index is 12.3. The third-order valence-corrected chi connectivity index (χ3v) is 7.02. The van der Waals surface area contributed by atoms with E-state index in [1.54, 1.807) is 36.0 Å². The lowest BCUT2D eigenvalue weighted by molar-refractivity contribution is 0.0954. The van der Waals surface area contributed by atoms with Gasteiger partial charge in [0, 0.05) is 40.6 Å². The van der Waals surface area contributed by atoms with Gasteiger partial charge in [-0.15, -0.1) is 0 Å². The van der Waals surface area contributed by atoms with Crippen molar-refractivity contribution in [2.45, 2.75) is 37.9 Å². The number of imidazole rings is 1. The molecule has 4 aromatic rings. The molecule has 4 rings (SSSR count). The Hall–Kier alpha value is -3.02. The number of aromatic nitrogens is 2. The van der Waals surface area contributed by atoms with E-state index in [-0.39, 0.29) is 5.91 Å². The number of nitrogens with zero attached hydrogens (tertiary/aromatic N) is 2. The van der Waals surface area contributed by atoms with Crippen LogP contribution in [0.5, 0.6) is 0 Å². The molecular formula is C29H30ClN3OS.